The highest BCUT2D eigenvalue weighted by atomic mass is 16.3. The van der Waals surface area contributed by atoms with Gasteiger partial charge in [-0.1, -0.05) is 23.4 Å². The monoisotopic (exact) mass is 555 g/mol. The lowest BCUT2D eigenvalue weighted by Gasteiger charge is -2.38. The third kappa shape index (κ3) is 6.21. The quantitative estimate of drug-likeness (QED) is 0.251. The van der Waals surface area contributed by atoms with Gasteiger partial charge in [0.1, 0.15) is 6.26 Å². The van der Waals surface area contributed by atoms with E-state index < -0.39 is 0 Å². The number of aryl methyl sites for hydroxylation is 2. The van der Waals surface area contributed by atoms with E-state index in [2.05, 4.69) is 77.2 Å². The Balaban J connectivity index is 1.17. The largest absolute Gasteiger partial charge is 0.448 e. The van der Waals surface area contributed by atoms with Gasteiger partial charge in [-0.15, -0.1) is 10.2 Å². The normalized spacial score (nSPS) is 15.1. The van der Waals surface area contributed by atoms with Crippen LogP contribution in [0.1, 0.15) is 63.3 Å². The number of hydrogen-bond donors (Lipinski definition) is 3. The van der Waals surface area contributed by atoms with Crippen molar-refractivity contribution in [1.82, 2.24) is 30.9 Å². The number of aromatic nitrogens is 5. The lowest BCUT2D eigenvalue weighted by molar-refractivity contribution is 0.0951. The van der Waals surface area contributed by atoms with Crippen molar-refractivity contribution >= 4 is 28.9 Å². The van der Waals surface area contributed by atoms with Crippen LogP contribution in [0, 0.1) is 6.92 Å². The van der Waals surface area contributed by atoms with E-state index in [0.717, 1.165) is 44.7 Å². The molecule has 12 nitrogen and oxygen atoms in total. The van der Waals surface area contributed by atoms with E-state index in [1.807, 2.05) is 6.07 Å². The molecule has 0 unspecified atom stereocenters. The highest BCUT2D eigenvalue weighted by Gasteiger charge is 2.30. The van der Waals surface area contributed by atoms with Crippen molar-refractivity contribution in [3.8, 4) is 0 Å². The number of H-pyrrole nitrogens is 1. The highest BCUT2D eigenvalue weighted by molar-refractivity contribution is 6.06. The number of rotatable bonds is 10. The van der Waals surface area contributed by atoms with E-state index in [4.69, 9.17) is 4.42 Å². The molecule has 3 heterocycles. The molecule has 3 N–H and O–H groups in total. The van der Waals surface area contributed by atoms with Gasteiger partial charge >= 0.3 is 0 Å². The Labute approximate surface area is 237 Å². The number of carbonyl (C=O) groups is 2. The molecule has 1 aliphatic carbocycles. The number of nitrogens with one attached hydrogen (secondary N) is 3. The summed E-state index contributed by atoms with van der Waals surface area (Å²) in [5.41, 5.74) is 4.61. The minimum absolute atomic E-state index is 0.220. The van der Waals surface area contributed by atoms with Crippen molar-refractivity contribution in [1.29, 1.82) is 0 Å². The van der Waals surface area contributed by atoms with Crippen molar-refractivity contribution in [3.05, 3.63) is 77.3 Å². The number of aromatic amines is 1. The number of para-hydroxylation sites is 1. The SMILES string of the molecule is Cc1ccccc1N1CCN(c2ccc(C(=O)NCCCc3nn[nH]n3)cc2NC(=O)c2coc(C3CC3)n2)CC1. The van der Waals surface area contributed by atoms with Crippen LogP contribution in [-0.2, 0) is 6.42 Å². The first-order valence-electron chi connectivity index (χ1n) is 14.0. The molecule has 2 aromatic carbocycles. The molecular formula is C29H33N9O3. The predicted octanol–water partition coefficient (Wildman–Crippen LogP) is 3.32. The number of hydrogen-bond acceptors (Lipinski definition) is 9. The first kappa shape index (κ1) is 26.5. The van der Waals surface area contributed by atoms with Gasteiger partial charge in [-0.2, -0.15) is 5.21 Å². The Bertz CT molecular complexity index is 1510. The Morgan fingerprint density at radius 3 is 2.54 bits per heavy atom. The van der Waals surface area contributed by atoms with Crippen molar-refractivity contribution < 1.29 is 14.0 Å². The number of anilines is 3. The molecule has 1 saturated heterocycles. The summed E-state index contributed by atoms with van der Waals surface area (Å²) < 4.78 is 5.53. The molecule has 0 spiro atoms. The summed E-state index contributed by atoms with van der Waals surface area (Å²) in [6, 6.07) is 13.8. The van der Waals surface area contributed by atoms with Crippen molar-refractivity contribution in [2.24, 2.45) is 0 Å². The van der Waals surface area contributed by atoms with Crippen molar-refractivity contribution in [2.45, 2.75) is 38.5 Å². The molecule has 0 bridgehead atoms. The fraction of sp³-hybridized carbons (Fsp3) is 0.379. The van der Waals surface area contributed by atoms with Crippen molar-refractivity contribution in [3.63, 3.8) is 0 Å². The molecule has 1 saturated carbocycles. The zero-order valence-corrected chi connectivity index (χ0v) is 23.0. The highest BCUT2D eigenvalue weighted by Crippen LogP contribution is 2.39. The second-order valence-electron chi connectivity index (χ2n) is 10.5. The summed E-state index contributed by atoms with van der Waals surface area (Å²) in [6.07, 6.45) is 4.75. The summed E-state index contributed by atoms with van der Waals surface area (Å²) in [5, 5.41) is 19.8. The number of tetrazole rings is 1. The minimum atomic E-state index is -0.363. The van der Waals surface area contributed by atoms with Crippen LogP contribution < -0.4 is 20.4 Å². The van der Waals surface area contributed by atoms with Crippen molar-refractivity contribution in [2.75, 3.05) is 47.8 Å². The molecule has 212 valence electrons. The third-order valence-corrected chi connectivity index (χ3v) is 7.52. The molecule has 41 heavy (non-hydrogen) atoms. The van der Waals surface area contributed by atoms with Gasteiger partial charge in [-0.25, -0.2) is 4.98 Å². The first-order chi connectivity index (χ1) is 20.0. The van der Waals surface area contributed by atoms with E-state index in [-0.39, 0.29) is 17.5 Å². The van der Waals surface area contributed by atoms with Gasteiger partial charge in [-0.05, 0) is 56.0 Å². The van der Waals surface area contributed by atoms with Gasteiger partial charge in [0.05, 0.1) is 11.4 Å². The van der Waals surface area contributed by atoms with Crippen LogP contribution in [0.4, 0.5) is 17.1 Å². The predicted molar refractivity (Wildman–Crippen MR) is 153 cm³/mol. The van der Waals surface area contributed by atoms with Crippen LogP contribution in [-0.4, -0.2) is 70.1 Å². The van der Waals surface area contributed by atoms with Gasteiger partial charge in [0.15, 0.2) is 17.4 Å². The van der Waals surface area contributed by atoms with E-state index in [0.29, 0.717) is 48.3 Å². The maximum absolute atomic E-state index is 13.2. The second-order valence-corrected chi connectivity index (χ2v) is 10.5. The van der Waals surface area contributed by atoms with E-state index in [9.17, 15) is 9.59 Å². The zero-order chi connectivity index (χ0) is 28.2. The van der Waals surface area contributed by atoms with Crippen LogP contribution in [0.2, 0.25) is 0 Å². The molecule has 2 amide bonds. The molecular weight excluding hydrogens is 522 g/mol. The zero-order valence-electron chi connectivity index (χ0n) is 23.0. The number of nitrogens with zero attached hydrogens (tertiary/aromatic N) is 6. The number of piperazine rings is 1. The number of benzene rings is 2. The first-order valence-corrected chi connectivity index (χ1v) is 14.0. The smallest absolute Gasteiger partial charge is 0.277 e. The Kier molecular flexibility index (Phi) is 7.61. The standard InChI is InChI=1S/C29H33N9O3/c1-19-5-2-3-6-24(19)37-13-15-38(16-14-37)25-11-10-21(27(39)30-12-4-7-26-33-35-36-34-26)17-22(25)31-28(40)23-18-41-29(32-23)20-8-9-20/h2-3,5-6,10-11,17-18,20H,4,7-9,12-16H2,1H3,(H,30,39)(H,31,40)(H,33,34,35,36). The summed E-state index contributed by atoms with van der Waals surface area (Å²) in [7, 11) is 0. The third-order valence-electron chi connectivity index (χ3n) is 7.52. The molecule has 6 rings (SSSR count). The number of oxazole rings is 1. The minimum Gasteiger partial charge on any atom is -0.448 e. The number of carbonyl (C=O) groups excluding carboxylic acids is 2. The van der Waals surface area contributed by atoms with E-state index >= 15 is 0 Å². The maximum Gasteiger partial charge on any atom is 0.277 e. The fourth-order valence-electron chi connectivity index (χ4n) is 5.09. The molecule has 2 aliphatic rings. The lowest BCUT2D eigenvalue weighted by atomic mass is 10.1. The van der Waals surface area contributed by atoms with Gasteiger partial charge in [0.25, 0.3) is 11.8 Å². The second kappa shape index (κ2) is 11.8. The molecule has 4 aromatic rings. The van der Waals surface area contributed by atoms with Gasteiger partial charge in [-0.3, -0.25) is 9.59 Å². The molecule has 2 aromatic heterocycles. The summed E-state index contributed by atoms with van der Waals surface area (Å²) in [4.78, 5) is 35.2. The van der Waals surface area contributed by atoms with E-state index in [1.54, 1.807) is 12.1 Å². The Hall–Kier alpha value is -4.74. The topological polar surface area (TPSA) is 145 Å². The van der Waals surface area contributed by atoms with Crippen LogP contribution in [0.5, 0.6) is 0 Å². The molecule has 2 fully saturated rings. The van der Waals surface area contributed by atoms with E-state index in [1.165, 1.54) is 17.5 Å². The van der Waals surface area contributed by atoms with Crippen LogP contribution in [0.25, 0.3) is 0 Å². The van der Waals surface area contributed by atoms with Crippen LogP contribution in [0.3, 0.4) is 0 Å². The number of amides is 2. The fourth-order valence-corrected chi connectivity index (χ4v) is 5.09. The van der Waals surface area contributed by atoms with Gasteiger partial charge in [0.2, 0.25) is 0 Å². The van der Waals surface area contributed by atoms with Gasteiger partial charge in [0, 0.05) is 56.3 Å². The summed E-state index contributed by atoms with van der Waals surface area (Å²) in [5.74, 6) is 0.939. The molecule has 0 radical (unpaired) electrons. The average molecular weight is 556 g/mol. The average Bonchev–Trinajstić information content (AvgIpc) is 3.48. The molecule has 1 aliphatic heterocycles. The lowest BCUT2D eigenvalue weighted by Crippen LogP contribution is -2.47. The summed E-state index contributed by atoms with van der Waals surface area (Å²) in [6.45, 7) is 5.82. The maximum atomic E-state index is 13.2. The Morgan fingerprint density at radius 1 is 1.02 bits per heavy atom. The van der Waals surface area contributed by atoms with Crippen LogP contribution in [0.15, 0.2) is 53.1 Å². The Morgan fingerprint density at radius 2 is 1.80 bits per heavy atom. The molecule has 12 heteroatoms. The van der Waals surface area contributed by atoms with Crippen LogP contribution >= 0.6 is 0 Å². The summed E-state index contributed by atoms with van der Waals surface area (Å²) >= 11 is 0. The van der Waals surface area contributed by atoms with Gasteiger partial charge < -0.3 is 24.9 Å². The molecule has 0 atom stereocenters.